The number of Topliss-reactive ketones (excluding diaryl/α,β-unsaturated/α-hetero) is 1. The van der Waals surface area contributed by atoms with E-state index in [0.717, 1.165) is 11.6 Å². The van der Waals surface area contributed by atoms with Gasteiger partial charge in [0.2, 0.25) is 0 Å². The average molecular weight is 477 g/mol. The normalized spacial score (nSPS) is 15.8. The maximum atomic E-state index is 13.3. The van der Waals surface area contributed by atoms with Crippen LogP contribution in [-0.2, 0) is 12.6 Å². The van der Waals surface area contributed by atoms with Crippen molar-refractivity contribution in [3.05, 3.63) is 76.4 Å². The molecule has 0 aliphatic carbocycles. The number of nitrogens with zero attached hydrogens (tertiary/aromatic N) is 4. The summed E-state index contributed by atoms with van der Waals surface area (Å²) in [5.41, 5.74) is 1.72. The molecule has 33 heavy (non-hydrogen) atoms. The number of hydrogen-bond donors (Lipinski definition) is 0. The molecule has 0 spiro atoms. The van der Waals surface area contributed by atoms with Gasteiger partial charge in [-0.1, -0.05) is 0 Å². The molecule has 1 aromatic carbocycles. The van der Waals surface area contributed by atoms with E-state index >= 15 is 0 Å². The number of carbonyl (C=O) groups excluding carboxylic acids is 2. The molecule has 1 aliphatic heterocycles. The zero-order valence-electron chi connectivity index (χ0n) is 18.3. The molecule has 1 atom stereocenters. The van der Waals surface area contributed by atoms with Crippen LogP contribution < -0.4 is 4.90 Å². The molecule has 174 valence electrons. The van der Waals surface area contributed by atoms with Crippen LogP contribution in [0.2, 0.25) is 0 Å². The number of hydrogen-bond acceptors (Lipinski definition) is 4. The van der Waals surface area contributed by atoms with Gasteiger partial charge in [-0.15, -0.1) is 0 Å². The van der Waals surface area contributed by atoms with Crippen LogP contribution >= 0.6 is 13.5 Å². The van der Waals surface area contributed by atoms with Gasteiger partial charge in [-0.3, -0.25) is 19.3 Å². The van der Waals surface area contributed by atoms with E-state index in [4.69, 9.17) is 0 Å². The summed E-state index contributed by atoms with van der Waals surface area (Å²) in [6.07, 6.45) is 0.143. The van der Waals surface area contributed by atoms with Crippen LogP contribution in [-0.4, -0.2) is 33.0 Å². The minimum Gasteiger partial charge on any atom is -0.305 e. The molecule has 0 bridgehead atoms. The van der Waals surface area contributed by atoms with E-state index in [0.29, 0.717) is 16.8 Å². The predicted molar refractivity (Wildman–Crippen MR) is 122 cm³/mol. The second-order valence-electron chi connectivity index (χ2n) is 8.08. The Morgan fingerprint density at radius 2 is 1.88 bits per heavy atom. The Kier molecular flexibility index (Phi) is 6.69. The zero-order valence-corrected chi connectivity index (χ0v) is 19.3. The SMILES string of the molecule is Cc1cncc(C(=O)Cc2cnn3c2C(=O)N(c2ccc(C(F)(F)F)c(C)c2)C[C@@H]3C)c1.S. The number of aromatic nitrogens is 3. The molecule has 0 radical (unpaired) electrons. The van der Waals surface area contributed by atoms with Gasteiger partial charge < -0.3 is 4.90 Å². The number of alkyl halides is 3. The van der Waals surface area contributed by atoms with Crippen LogP contribution in [0.5, 0.6) is 0 Å². The molecule has 6 nitrogen and oxygen atoms in total. The fourth-order valence-electron chi connectivity index (χ4n) is 3.99. The molecule has 0 fully saturated rings. The first-order valence-corrected chi connectivity index (χ1v) is 10.1. The molecule has 0 N–H and O–H groups in total. The Hall–Kier alpha value is -3.14. The fraction of sp³-hybridized carbons (Fsp3) is 0.304. The lowest BCUT2D eigenvalue weighted by Crippen LogP contribution is -2.43. The number of ketones is 1. The van der Waals surface area contributed by atoms with Crippen molar-refractivity contribution in [2.75, 3.05) is 11.4 Å². The van der Waals surface area contributed by atoms with Gasteiger partial charge in [-0.25, -0.2) is 0 Å². The van der Waals surface area contributed by atoms with Crippen LogP contribution in [0.4, 0.5) is 18.9 Å². The van der Waals surface area contributed by atoms with Crippen LogP contribution in [0.15, 0.2) is 42.9 Å². The van der Waals surface area contributed by atoms with Crippen LogP contribution in [0, 0.1) is 13.8 Å². The maximum absolute atomic E-state index is 13.3. The number of halogens is 3. The first kappa shape index (κ1) is 24.5. The van der Waals surface area contributed by atoms with Gasteiger partial charge in [0.05, 0.1) is 17.8 Å². The highest BCUT2D eigenvalue weighted by atomic mass is 32.1. The lowest BCUT2D eigenvalue weighted by atomic mass is 10.0. The number of fused-ring (bicyclic) bond motifs is 1. The molecule has 2 aromatic heterocycles. The third kappa shape index (κ3) is 4.66. The first-order valence-electron chi connectivity index (χ1n) is 10.1. The third-order valence-corrected chi connectivity index (χ3v) is 5.56. The van der Waals surface area contributed by atoms with Crippen LogP contribution in [0.3, 0.4) is 0 Å². The van der Waals surface area contributed by atoms with Gasteiger partial charge in [0.15, 0.2) is 5.78 Å². The number of anilines is 1. The van der Waals surface area contributed by atoms with Gasteiger partial charge in [0.25, 0.3) is 5.91 Å². The summed E-state index contributed by atoms with van der Waals surface area (Å²) in [7, 11) is 0. The van der Waals surface area contributed by atoms with Gasteiger partial charge in [0, 0.05) is 42.2 Å². The highest BCUT2D eigenvalue weighted by molar-refractivity contribution is 7.59. The monoisotopic (exact) mass is 476 g/mol. The number of rotatable bonds is 4. The van der Waals surface area contributed by atoms with Crippen molar-refractivity contribution in [2.45, 2.75) is 39.4 Å². The molecule has 0 unspecified atom stereocenters. The van der Waals surface area contributed by atoms with Gasteiger partial charge in [-0.2, -0.15) is 31.8 Å². The molecule has 1 amide bonds. The van der Waals surface area contributed by atoms with Gasteiger partial charge in [0.1, 0.15) is 5.69 Å². The van der Waals surface area contributed by atoms with E-state index in [9.17, 15) is 22.8 Å². The Bertz CT molecular complexity index is 1220. The van der Waals surface area contributed by atoms with E-state index < -0.39 is 17.6 Å². The smallest absolute Gasteiger partial charge is 0.305 e. The van der Waals surface area contributed by atoms with Crippen molar-refractivity contribution in [2.24, 2.45) is 0 Å². The molecule has 4 rings (SSSR count). The van der Waals surface area contributed by atoms with E-state index in [2.05, 4.69) is 10.1 Å². The number of carbonyl (C=O) groups is 2. The second-order valence-corrected chi connectivity index (χ2v) is 8.08. The Labute approximate surface area is 195 Å². The van der Waals surface area contributed by atoms with E-state index in [1.54, 1.807) is 16.9 Å². The maximum Gasteiger partial charge on any atom is 0.416 e. The quantitative estimate of drug-likeness (QED) is 0.513. The number of amides is 1. The second kappa shape index (κ2) is 9.01. The van der Waals surface area contributed by atoms with E-state index in [1.165, 1.54) is 36.4 Å². The molecule has 0 saturated heterocycles. The Balaban J connectivity index is 0.00000306. The average Bonchev–Trinajstić information content (AvgIpc) is 3.14. The fourth-order valence-corrected chi connectivity index (χ4v) is 3.99. The summed E-state index contributed by atoms with van der Waals surface area (Å²) in [6.45, 7) is 5.32. The van der Waals surface area contributed by atoms with E-state index in [1.807, 2.05) is 13.8 Å². The number of pyridine rings is 1. The van der Waals surface area contributed by atoms with Crippen molar-refractivity contribution in [3.8, 4) is 0 Å². The summed E-state index contributed by atoms with van der Waals surface area (Å²) in [6, 6.07) is 5.17. The first-order chi connectivity index (χ1) is 15.1. The highest BCUT2D eigenvalue weighted by Crippen LogP contribution is 2.35. The van der Waals surface area contributed by atoms with E-state index in [-0.39, 0.29) is 49.5 Å². The summed E-state index contributed by atoms with van der Waals surface area (Å²) in [5.74, 6) is -0.593. The number of benzene rings is 1. The molecule has 3 aromatic rings. The Morgan fingerprint density at radius 1 is 1.15 bits per heavy atom. The zero-order chi connectivity index (χ0) is 23.2. The molecular weight excluding hydrogens is 453 g/mol. The van der Waals surface area contributed by atoms with Crippen molar-refractivity contribution < 1.29 is 22.8 Å². The van der Waals surface area contributed by atoms with Crippen LogP contribution in [0.25, 0.3) is 0 Å². The van der Waals surface area contributed by atoms with Crippen LogP contribution in [0.1, 0.15) is 56.1 Å². The van der Waals surface area contributed by atoms with Crippen molar-refractivity contribution >= 4 is 30.9 Å². The topological polar surface area (TPSA) is 68.1 Å². The minimum atomic E-state index is -4.46. The molecule has 1 aliphatic rings. The predicted octanol–water partition coefficient (Wildman–Crippen LogP) is 4.67. The van der Waals surface area contributed by atoms with Crippen molar-refractivity contribution in [1.82, 2.24) is 14.8 Å². The van der Waals surface area contributed by atoms with Gasteiger partial charge in [-0.05, 0) is 56.2 Å². The van der Waals surface area contributed by atoms with Crippen molar-refractivity contribution in [1.29, 1.82) is 0 Å². The molecule has 3 heterocycles. The summed E-state index contributed by atoms with van der Waals surface area (Å²) >= 11 is 0. The Morgan fingerprint density at radius 3 is 2.52 bits per heavy atom. The minimum absolute atomic E-state index is 0. The summed E-state index contributed by atoms with van der Waals surface area (Å²) in [5, 5.41) is 4.30. The molecular formula is C23H23F3N4O2S. The summed E-state index contributed by atoms with van der Waals surface area (Å²) < 4.78 is 41.0. The molecule has 0 saturated carbocycles. The lowest BCUT2D eigenvalue weighted by Gasteiger charge is -2.32. The highest BCUT2D eigenvalue weighted by Gasteiger charge is 2.36. The van der Waals surface area contributed by atoms with Crippen molar-refractivity contribution in [3.63, 3.8) is 0 Å². The third-order valence-electron chi connectivity index (χ3n) is 5.56. The lowest BCUT2D eigenvalue weighted by molar-refractivity contribution is -0.138. The number of aryl methyl sites for hydroxylation is 2. The summed E-state index contributed by atoms with van der Waals surface area (Å²) in [4.78, 5) is 31.6. The largest absolute Gasteiger partial charge is 0.416 e. The van der Waals surface area contributed by atoms with Gasteiger partial charge >= 0.3 is 6.18 Å². The standard InChI is InChI=1S/C23H21F3N4O2.H2S/c1-13-6-16(10-27-9-13)20(31)8-17-11-28-30-15(3)12-29(22(32)21(17)30)18-4-5-19(14(2)7-18)23(24,25)26;/h4-7,9-11,15H,8,12H2,1-3H3;1H2/t15-;/m0./s1. The molecule has 10 heteroatoms.